The topological polar surface area (TPSA) is 86.9 Å². The van der Waals surface area contributed by atoms with Crippen molar-refractivity contribution < 1.29 is 14.8 Å². The Hall–Kier alpha value is -2.15. The number of carbonyl (C=O) groups excluding carboxylic acids is 1. The van der Waals surface area contributed by atoms with E-state index in [1.807, 2.05) is 4.90 Å². The average Bonchev–Trinajstić information content (AvgIpc) is 3.01. The van der Waals surface area contributed by atoms with Crippen molar-refractivity contribution in [3.05, 3.63) is 34.4 Å². The number of anilines is 1. The van der Waals surface area contributed by atoms with Gasteiger partial charge in [0.2, 0.25) is 5.91 Å². The second-order valence-electron chi connectivity index (χ2n) is 6.72. The molecule has 7 heteroatoms. The lowest BCUT2D eigenvalue weighted by molar-refractivity contribution is -0.384. The molecule has 1 aromatic carbocycles. The molecule has 0 radical (unpaired) electrons. The first-order chi connectivity index (χ1) is 11.5. The van der Waals surface area contributed by atoms with Crippen LogP contribution in [0.2, 0.25) is 0 Å². The zero-order chi connectivity index (χ0) is 17.2. The van der Waals surface area contributed by atoms with Gasteiger partial charge in [-0.1, -0.05) is 25.0 Å². The molecule has 1 amide bonds. The van der Waals surface area contributed by atoms with E-state index in [9.17, 15) is 20.0 Å². The van der Waals surface area contributed by atoms with Gasteiger partial charge in [-0.3, -0.25) is 14.9 Å². The number of nitro benzene ring substituents is 1. The first-order valence-electron chi connectivity index (χ1n) is 8.47. The summed E-state index contributed by atoms with van der Waals surface area (Å²) in [5, 5.41) is 21.5. The van der Waals surface area contributed by atoms with E-state index in [1.54, 1.807) is 23.1 Å². The standard InChI is InChI=1S/C17H23N3O4/c21-16(13-17(22)7-3-4-8-17)19-11-9-18(10-12-19)14-5-1-2-6-15(14)20(23)24/h1-2,5-6,22H,3-4,7-13H2. The maximum Gasteiger partial charge on any atom is 0.292 e. The zero-order valence-electron chi connectivity index (χ0n) is 13.7. The van der Waals surface area contributed by atoms with Crippen molar-refractivity contribution in [1.82, 2.24) is 4.90 Å². The Morgan fingerprint density at radius 3 is 2.42 bits per heavy atom. The quantitative estimate of drug-likeness (QED) is 0.672. The monoisotopic (exact) mass is 333 g/mol. The van der Waals surface area contributed by atoms with Crippen LogP contribution in [0.15, 0.2) is 24.3 Å². The second-order valence-corrected chi connectivity index (χ2v) is 6.72. The van der Waals surface area contributed by atoms with E-state index >= 15 is 0 Å². The number of aliphatic hydroxyl groups is 1. The van der Waals surface area contributed by atoms with Gasteiger partial charge in [-0.2, -0.15) is 0 Å². The first kappa shape index (κ1) is 16.7. The predicted molar refractivity (Wildman–Crippen MR) is 89.9 cm³/mol. The summed E-state index contributed by atoms with van der Waals surface area (Å²) in [7, 11) is 0. The summed E-state index contributed by atoms with van der Waals surface area (Å²) in [4.78, 5) is 26.9. The minimum Gasteiger partial charge on any atom is -0.389 e. The van der Waals surface area contributed by atoms with Gasteiger partial charge in [-0.25, -0.2) is 0 Å². The Balaban J connectivity index is 1.60. The van der Waals surface area contributed by atoms with Crippen LogP contribution in [0.3, 0.4) is 0 Å². The number of rotatable bonds is 4. The first-order valence-corrected chi connectivity index (χ1v) is 8.47. The minimum absolute atomic E-state index is 0.0124. The Bertz CT molecular complexity index is 620. The molecular formula is C17H23N3O4. The number of hydrogen-bond acceptors (Lipinski definition) is 5. The number of amides is 1. The maximum absolute atomic E-state index is 12.4. The van der Waals surface area contributed by atoms with E-state index in [2.05, 4.69) is 0 Å². The Morgan fingerprint density at radius 1 is 1.17 bits per heavy atom. The van der Waals surface area contributed by atoms with Crippen molar-refractivity contribution in [3.8, 4) is 0 Å². The van der Waals surface area contributed by atoms with E-state index in [0.717, 1.165) is 12.8 Å². The van der Waals surface area contributed by atoms with Crippen LogP contribution in [-0.4, -0.2) is 52.6 Å². The van der Waals surface area contributed by atoms with Crippen molar-refractivity contribution in [3.63, 3.8) is 0 Å². The predicted octanol–water partition coefficient (Wildman–Crippen LogP) is 1.94. The molecule has 0 spiro atoms. The Morgan fingerprint density at radius 2 is 1.79 bits per heavy atom. The van der Waals surface area contributed by atoms with Gasteiger partial charge in [0.25, 0.3) is 5.69 Å². The lowest BCUT2D eigenvalue weighted by Gasteiger charge is -2.37. The largest absolute Gasteiger partial charge is 0.389 e. The van der Waals surface area contributed by atoms with Gasteiger partial charge >= 0.3 is 0 Å². The van der Waals surface area contributed by atoms with Crippen molar-refractivity contribution >= 4 is 17.3 Å². The molecule has 7 nitrogen and oxygen atoms in total. The molecule has 0 atom stereocenters. The zero-order valence-corrected chi connectivity index (χ0v) is 13.7. The molecule has 0 aromatic heterocycles. The van der Waals surface area contributed by atoms with Crippen molar-refractivity contribution in [1.29, 1.82) is 0 Å². The number of carbonyl (C=O) groups is 1. The highest BCUT2D eigenvalue weighted by molar-refractivity contribution is 5.78. The minimum atomic E-state index is -0.827. The van der Waals surface area contributed by atoms with Crippen LogP contribution in [-0.2, 0) is 4.79 Å². The number of benzene rings is 1. The smallest absolute Gasteiger partial charge is 0.292 e. The van der Waals surface area contributed by atoms with E-state index in [0.29, 0.717) is 44.7 Å². The normalized spacial score (nSPS) is 20.2. The fourth-order valence-corrected chi connectivity index (χ4v) is 3.69. The second kappa shape index (κ2) is 6.76. The molecule has 1 aliphatic heterocycles. The maximum atomic E-state index is 12.4. The third kappa shape index (κ3) is 3.51. The summed E-state index contributed by atoms with van der Waals surface area (Å²) >= 11 is 0. The van der Waals surface area contributed by atoms with Gasteiger partial charge in [0.15, 0.2) is 0 Å². The molecule has 2 fully saturated rings. The van der Waals surface area contributed by atoms with Crippen LogP contribution in [0.25, 0.3) is 0 Å². The van der Waals surface area contributed by atoms with Crippen LogP contribution in [0.5, 0.6) is 0 Å². The highest BCUT2D eigenvalue weighted by Crippen LogP contribution is 2.33. The molecule has 1 N–H and O–H groups in total. The molecule has 1 saturated carbocycles. The average molecular weight is 333 g/mol. The Labute approximate surface area is 141 Å². The Kier molecular flexibility index (Phi) is 4.71. The molecule has 1 aromatic rings. The van der Waals surface area contributed by atoms with Gasteiger partial charge in [0.1, 0.15) is 5.69 Å². The van der Waals surface area contributed by atoms with E-state index < -0.39 is 5.60 Å². The van der Waals surface area contributed by atoms with Gasteiger partial charge in [0, 0.05) is 32.2 Å². The number of nitrogens with zero attached hydrogens (tertiary/aromatic N) is 3. The summed E-state index contributed by atoms with van der Waals surface area (Å²) < 4.78 is 0. The van der Waals surface area contributed by atoms with E-state index in [-0.39, 0.29) is 22.9 Å². The number of piperazine rings is 1. The highest BCUT2D eigenvalue weighted by Gasteiger charge is 2.35. The van der Waals surface area contributed by atoms with Gasteiger partial charge in [-0.05, 0) is 18.9 Å². The fourth-order valence-electron chi connectivity index (χ4n) is 3.69. The van der Waals surface area contributed by atoms with Gasteiger partial charge in [-0.15, -0.1) is 0 Å². The summed E-state index contributed by atoms with van der Waals surface area (Å²) in [5.74, 6) is -0.0124. The number of nitro groups is 1. The molecular weight excluding hydrogens is 310 g/mol. The van der Waals surface area contributed by atoms with Crippen LogP contribution in [0, 0.1) is 10.1 Å². The van der Waals surface area contributed by atoms with Gasteiger partial charge in [0.05, 0.1) is 16.9 Å². The molecule has 2 aliphatic rings. The molecule has 24 heavy (non-hydrogen) atoms. The molecule has 1 heterocycles. The third-order valence-corrected chi connectivity index (χ3v) is 5.07. The van der Waals surface area contributed by atoms with Crippen molar-refractivity contribution in [2.75, 3.05) is 31.1 Å². The van der Waals surface area contributed by atoms with Crippen LogP contribution in [0.4, 0.5) is 11.4 Å². The van der Waals surface area contributed by atoms with Crippen molar-refractivity contribution in [2.45, 2.75) is 37.7 Å². The molecule has 0 unspecified atom stereocenters. The summed E-state index contributed by atoms with van der Waals surface area (Å²) in [6, 6.07) is 6.69. The van der Waals surface area contributed by atoms with Crippen molar-refractivity contribution in [2.24, 2.45) is 0 Å². The summed E-state index contributed by atoms with van der Waals surface area (Å²) in [6.07, 6.45) is 3.56. The van der Waals surface area contributed by atoms with Crippen LogP contribution >= 0.6 is 0 Å². The van der Waals surface area contributed by atoms with Crippen LogP contribution < -0.4 is 4.90 Å². The number of para-hydroxylation sites is 2. The number of hydrogen-bond donors (Lipinski definition) is 1. The summed E-state index contributed by atoms with van der Waals surface area (Å²) in [5.41, 5.74) is -0.131. The third-order valence-electron chi connectivity index (χ3n) is 5.07. The molecule has 1 saturated heterocycles. The SMILES string of the molecule is O=C(CC1(O)CCCC1)N1CCN(c2ccccc2[N+](=O)[O-])CC1. The summed E-state index contributed by atoms with van der Waals surface area (Å²) in [6.45, 7) is 2.19. The van der Waals surface area contributed by atoms with E-state index in [4.69, 9.17) is 0 Å². The van der Waals surface area contributed by atoms with Gasteiger partial charge < -0.3 is 14.9 Å². The van der Waals surface area contributed by atoms with E-state index in [1.165, 1.54) is 6.07 Å². The lowest BCUT2D eigenvalue weighted by Crippen LogP contribution is -2.50. The molecule has 1 aliphatic carbocycles. The lowest BCUT2D eigenvalue weighted by atomic mass is 9.97. The molecule has 3 rings (SSSR count). The molecule has 130 valence electrons. The highest BCUT2D eigenvalue weighted by atomic mass is 16.6. The van der Waals surface area contributed by atoms with Crippen LogP contribution in [0.1, 0.15) is 32.1 Å². The molecule has 0 bridgehead atoms. The fraction of sp³-hybridized carbons (Fsp3) is 0.588.